The first-order chi connectivity index (χ1) is 9.72. The molecular formula is C13H17N5O2. The Morgan fingerprint density at radius 1 is 1.25 bits per heavy atom. The molecule has 0 unspecified atom stereocenters. The average molecular weight is 275 g/mol. The van der Waals surface area contributed by atoms with Crippen LogP contribution in [0.4, 0.5) is 10.7 Å². The van der Waals surface area contributed by atoms with E-state index in [1.54, 1.807) is 10.6 Å². The summed E-state index contributed by atoms with van der Waals surface area (Å²) in [6.07, 6.45) is 4.64. The summed E-state index contributed by atoms with van der Waals surface area (Å²) in [7, 11) is 0. The lowest BCUT2D eigenvalue weighted by molar-refractivity contribution is 0.118. The van der Waals surface area contributed by atoms with E-state index >= 15 is 0 Å². The fraction of sp³-hybridized carbons (Fsp3) is 0.462. The van der Waals surface area contributed by atoms with Gasteiger partial charge in [-0.3, -0.25) is 9.72 Å². The third-order valence-corrected chi connectivity index (χ3v) is 3.57. The van der Waals surface area contributed by atoms with Gasteiger partial charge in [0.05, 0.1) is 6.10 Å². The third-order valence-electron chi connectivity index (χ3n) is 3.57. The fourth-order valence-electron chi connectivity index (χ4n) is 2.47. The van der Waals surface area contributed by atoms with E-state index in [0.29, 0.717) is 11.6 Å². The molecule has 0 saturated heterocycles. The summed E-state index contributed by atoms with van der Waals surface area (Å²) in [4.78, 5) is 11.9. The van der Waals surface area contributed by atoms with E-state index in [9.17, 15) is 9.90 Å². The number of rotatable bonds is 2. The predicted molar refractivity (Wildman–Crippen MR) is 73.4 cm³/mol. The minimum Gasteiger partial charge on any atom is -0.393 e. The SMILES string of the molecule is O=C(Nc1nnc2ccccn12)NC1CCC(O)CC1. The Kier molecular flexibility index (Phi) is 3.51. The number of fused-ring (bicyclic) bond motifs is 1. The number of nitrogens with one attached hydrogen (secondary N) is 2. The number of urea groups is 1. The second-order valence-corrected chi connectivity index (χ2v) is 5.06. The van der Waals surface area contributed by atoms with Crippen molar-refractivity contribution in [3.63, 3.8) is 0 Å². The van der Waals surface area contributed by atoms with Crippen LogP contribution in [0.15, 0.2) is 24.4 Å². The summed E-state index contributed by atoms with van der Waals surface area (Å²) in [6.45, 7) is 0. The minimum atomic E-state index is -0.287. The lowest BCUT2D eigenvalue weighted by Gasteiger charge is -2.25. The first kappa shape index (κ1) is 12.9. The molecule has 1 fully saturated rings. The van der Waals surface area contributed by atoms with Crippen LogP contribution in [0.3, 0.4) is 0 Å². The maximum Gasteiger partial charge on any atom is 0.321 e. The maximum atomic E-state index is 11.9. The van der Waals surface area contributed by atoms with Gasteiger partial charge < -0.3 is 10.4 Å². The number of hydrogen-bond donors (Lipinski definition) is 3. The van der Waals surface area contributed by atoms with Gasteiger partial charge in [0.2, 0.25) is 5.95 Å². The molecule has 7 heteroatoms. The van der Waals surface area contributed by atoms with Crippen LogP contribution in [-0.4, -0.2) is 37.9 Å². The summed E-state index contributed by atoms with van der Waals surface area (Å²) in [5, 5.41) is 22.9. The van der Waals surface area contributed by atoms with Crippen molar-refractivity contribution in [1.82, 2.24) is 19.9 Å². The van der Waals surface area contributed by atoms with Gasteiger partial charge >= 0.3 is 6.03 Å². The van der Waals surface area contributed by atoms with E-state index in [2.05, 4.69) is 20.8 Å². The largest absolute Gasteiger partial charge is 0.393 e. The molecule has 2 aromatic heterocycles. The van der Waals surface area contributed by atoms with Crippen molar-refractivity contribution in [2.24, 2.45) is 0 Å². The van der Waals surface area contributed by atoms with Crippen LogP contribution in [0.5, 0.6) is 0 Å². The van der Waals surface area contributed by atoms with Crippen LogP contribution in [-0.2, 0) is 0 Å². The van der Waals surface area contributed by atoms with Crippen LogP contribution >= 0.6 is 0 Å². The van der Waals surface area contributed by atoms with Gasteiger partial charge in [0.25, 0.3) is 0 Å². The van der Waals surface area contributed by atoms with Crippen LogP contribution in [0.25, 0.3) is 5.65 Å². The molecule has 1 aliphatic rings. The number of anilines is 1. The van der Waals surface area contributed by atoms with E-state index in [4.69, 9.17) is 0 Å². The smallest absolute Gasteiger partial charge is 0.321 e. The van der Waals surface area contributed by atoms with Gasteiger partial charge in [-0.15, -0.1) is 10.2 Å². The van der Waals surface area contributed by atoms with E-state index in [-0.39, 0.29) is 18.2 Å². The number of pyridine rings is 1. The molecule has 1 aliphatic carbocycles. The number of aromatic nitrogens is 3. The van der Waals surface area contributed by atoms with Crippen molar-refractivity contribution in [3.8, 4) is 0 Å². The predicted octanol–water partition coefficient (Wildman–Crippen LogP) is 1.15. The zero-order chi connectivity index (χ0) is 13.9. The van der Waals surface area contributed by atoms with Crippen LogP contribution in [0.1, 0.15) is 25.7 Å². The Labute approximate surface area is 116 Å². The van der Waals surface area contributed by atoms with Crippen molar-refractivity contribution >= 4 is 17.6 Å². The molecule has 20 heavy (non-hydrogen) atoms. The molecule has 2 aromatic rings. The Morgan fingerprint density at radius 3 is 2.85 bits per heavy atom. The molecule has 1 saturated carbocycles. The summed E-state index contributed by atoms with van der Waals surface area (Å²) in [6, 6.07) is 5.35. The van der Waals surface area contributed by atoms with Gasteiger partial charge in [0.1, 0.15) is 0 Å². The molecule has 2 amide bonds. The van der Waals surface area contributed by atoms with Crippen molar-refractivity contribution in [1.29, 1.82) is 0 Å². The van der Waals surface area contributed by atoms with Crippen LogP contribution in [0, 0.1) is 0 Å². The maximum absolute atomic E-state index is 11.9. The van der Waals surface area contributed by atoms with Crippen LogP contribution < -0.4 is 10.6 Å². The molecule has 7 nitrogen and oxygen atoms in total. The normalized spacial score (nSPS) is 22.6. The lowest BCUT2D eigenvalue weighted by atomic mass is 9.93. The molecule has 0 aliphatic heterocycles. The van der Waals surface area contributed by atoms with Crippen molar-refractivity contribution in [2.75, 3.05) is 5.32 Å². The Hall–Kier alpha value is -2.15. The van der Waals surface area contributed by atoms with E-state index in [0.717, 1.165) is 25.7 Å². The summed E-state index contributed by atoms with van der Waals surface area (Å²) < 4.78 is 1.71. The molecule has 0 bridgehead atoms. The lowest BCUT2D eigenvalue weighted by Crippen LogP contribution is -2.41. The van der Waals surface area contributed by atoms with Crippen molar-refractivity contribution < 1.29 is 9.90 Å². The highest BCUT2D eigenvalue weighted by atomic mass is 16.3. The van der Waals surface area contributed by atoms with E-state index in [1.165, 1.54) is 0 Å². The van der Waals surface area contributed by atoms with Crippen LogP contribution in [0.2, 0.25) is 0 Å². The second-order valence-electron chi connectivity index (χ2n) is 5.06. The first-order valence-corrected chi connectivity index (χ1v) is 6.78. The van der Waals surface area contributed by atoms with Crippen molar-refractivity contribution in [2.45, 2.75) is 37.8 Å². The first-order valence-electron chi connectivity index (χ1n) is 6.78. The number of nitrogens with zero attached hydrogens (tertiary/aromatic N) is 3. The summed E-state index contributed by atoms with van der Waals surface area (Å²) in [5.74, 6) is 0.397. The Balaban J connectivity index is 1.61. The van der Waals surface area contributed by atoms with Crippen molar-refractivity contribution in [3.05, 3.63) is 24.4 Å². The molecule has 0 aromatic carbocycles. The standard InChI is InChI=1S/C13H17N5O2/c19-10-6-4-9(5-7-10)14-13(20)15-12-17-16-11-3-1-2-8-18(11)12/h1-3,8-10,19H,4-7H2,(H2,14,15,17,20). The number of carbonyl (C=O) groups excluding carboxylic acids is 1. The molecule has 3 N–H and O–H groups in total. The van der Waals surface area contributed by atoms with E-state index < -0.39 is 0 Å². The molecule has 0 spiro atoms. The Morgan fingerprint density at radius 2 is 2.05 bits per heavy atom. The van der Waals surface area contributed by atoms with Gasteiger partial charge in [-0.1, -0.05) is 6.07 Å². The highest BCUT2D eigenvalue weighted by Gasteiger charge is 2.21. The third kappa shape index (κ3) is 2.72. The molecule has 2 heterocycles. The topological polar surface area (TPSA) is 91.6 Å². The van der Waals surface area contributed by atoms with Gasteiger partial charge in [0, 0.05) is 12.2 Å². The highest BCUT2D eigenvalue weighted by molar-refractivity contribution is 5.87. The average Bonchev–Trinajstić information content (AvgIpc) is 2.85. The molecular weight excluding hydrogens is 258 g/mol. The second kappa shape index (κ2) is 5.46. The number of aliphatic hydroxyl groups excluding tert-OH is 1. The van der Waals surface area contributed by atoms with Gasteiger partial charge in [0.15, 0.2) is 5.65 Å². The van der Waals surface area contributed by atoms with E-state index in [1.807, 2.05) is 18.2 Å². The number of carbonyl (C=O) groups is 1. The zero-order valence-electron chi connectivity index (χ0n) is 11.0. The fourth-order valence-corrected chi connectivity index (χ4v) is 2.47. The number of amides is 2. The summed E-state index contributed by atoms with van der Waals surface area (Å²) in [5.41, 5.74) is 0.684. The van der Waals surface area contributed by atoms with Gasteiger partial charge in [-0.2, -0.15) is 0 Å². The quantitative estimate of drug-likeness (QED) is 0.766. The molecule has 0 atom stereocenters. The zero-order valence-corrected chi connectivity index (χ0v) is 11.0. The Bertz CT molecular complexity index is 604. The van der Waals surface area contributed by atoms with Gasteiger partial charge in [-0.25, -0.2) is 4.79 Å². The molecule has 0 radical (unpaired) electrons. The summed E-state index contributed by atoms with van der Waals surface area (Å²) >= 11 is 0. The van der Waals surface area contributed by atoms with Gasteiger partial charge in [-0.05, 0) is 37.8 Å². The number of hydrogen-bond acceptors (Lipinski definition) is 4. The minimum absolute atomic E-state index is 0.109. The molecule has 3 rings (SSSR count). The highest BCUT2D eigenvalue weighted by Crippen LogP contribution is 2.18. The monoisotopic (exact) mass is 275 g/mol. The number of aliphatic hydroxyl groups is 1. The molecule has 106 valence electrons.